The second-order valence-electron chi connectivity index (χ2n) is 7.02. The van der Waals surface area contributed by atoms with Gasteiger partial charge >= 0.3 is 29.9 Å². The smallest absolute Gasteiger partial charge is 0.435 e. The van der Waals surface area contributed by atoms with E-state index in [1.807, 2.05) is 0 Å². The quantitative estimate of drug-likeness (QED) is 0.408. The third-order valence-corrected chi connectivity index (χ3v) is 4.64. The second-order valence-corrected chi connectivity index (χ2v) is 7.02. The van der Waals surface area contributed by atoms with Gasteiger partial charge in [0.05, 0.1) is 11.3 Å². The van der Waals surface area contributed by atoms with Crippen molar-refractivity contribution in [3.05, 3.63) is 58.4 Å². The van der Waals surface area contributed by atoms with Crippen molar-refractivity contribution < 1.29 is 54.6 Å². The number of aryl methyl sites for hydroxylation is 2. The van der Waals surface area contributed by atoms with Crippen molar-refractivity contribution in [3.63, 3.8) is 0 Å². The summed E-state index contributed by atoms with van der Waals surface area (Å²) in [5.41, 5.74) is -9.96. The number of nitrogens with one attached hydrogen (secondary N) is 2. The molecule has 2 amide bonds. The third kappa shape index (κ3) is 4.79. The number of hydrogen-bond donors (Lipinski definition) is 3. The Kier molecular flexibility index (Phi) is 6.96. The number of anilines is 2. The first-order valence-electron chi connectivity index (χ1n) is 9.00. The van der Waals surface area contributed by atoms with Crippen LogP contribution in [0.5, 0.6) is 0 Å². The molecule has 0 fully saturated rings. The first kappa shape index (κ1) is 26.5. The molecule has 0 radical (unpaired) electrons. The lowest BCUT2D eigenvalue weighted by atomic mass is 9.90. The normalized spacial score (nSPS) is 12.3. The Hall–Kier alpha value is -3.71. The van der Waals surface area contributed by atoms with Crippen LogP contribution in [-0.4, -0.2) is 35.2 Å². The summed E-state index contributed by atoms with van der Waals surface area (Å²) in [6, 6.07) is 3.43. The van der Waals surface area contributed by atoms with Crippen LogP contribution in [0.2, 0.25) is 0 Å². The molecule has 3 N–H and O–H groups in total. The van der Waals surface area contributed by atoms with E-state index < -0.39 is 69.6 Å². The average Bonchev–Trinajstić information content (AvgIpc) is 2.69. The van der Waals surface area contributed by atoms with Gasteiger partial charge in [-0.2, -0.15) is 26.3 Å². The summed E-state index contributed by atoms with van der Waals surface area (Å²) >= 11 is 0. The van der Waals surface area contributed by atoms with Gasteiger partial charge in [0, 0.05) is 11.3 Å². The van der Waals surface area contributed by atoms with Crippen molar-refractivity contribution >= 4 is 29.2 Å². The molecule has 184 valence electrons. The summed E-state index contributed by atoms with van der Waals surface area (Å²) < 4.78 is 107. The van der Waals surface area contributed by atoms with Gasteiger partial charge < -0.3 is 15.7 Å². The first-order valence-corrected chi connectivity index (χ1v) is 9.00. The lowest BCUT2D eigenvalue weighted by molar-refractivity contribution is -0.348. The van der Waals surface area contributed by atoms with Gasteiger partial charge in [0.15, 0.2) is 5.82 Å². The predicted octanol–water partition coefficient (Wildman–Crippen LogP) is 5.01. The molecule has 34 heavy (non-hydrogen) atoms. The van der Waals surface area contributed by atoms with Crippen molar-refractivity contribution in [1.29, 1.82) is 0 Å². The van der Waals surface area contributed by atoms with Crippen LogP contribution in [0.25, 0.3) is 0 Å². The lowest BCUT2D eigenvalue weighted by Crippen LogP contribution is -2.50. The number of amides is 2. The van der Waals surface area contributed by atoms with Crippen LogP contribution in [0, 0.1) is 19.7 Å². The van der Waals surface area contributed by atoms with Crippen molar-refractivity contribution in [1.82, 2.24) is 0 Å². The Morgan fingerprint density at radius 2 is 1.35 bits per heavy atom. The fourth-order valence-corrected chi connectivity index (χ4v) is 3.01. The van der Waals surface area contributed by atoms with Crippen LogP contribution >= 0.6 is 0 Å². The highest BCUT2D eigenvalue weighted by Crippen LogP contribution is 2.53. The van der Waals surface area contributed by atoms with Crippen molar-refractivity contribution in [3.8, 4) is 0 Å². The molecule has 0 saturated carbocycles. The van der Waals surface area contributed by atoms with E-state index >= 15 is 0 Å². The summed E-state index contributed by atoms with van der Waals surface area (Å²) in [7, 11) is 0. The summed E-state index contributed by atoms with van der Waals surface area (Å²) in [6.45, 7) is 2.00. The molecule has 14 heteroatoms. The Balaban J connectivity index is 2.46. The molecule has 0 bridgehead atoms. The highest BCUT2D eigenvalue weighted by atomic mass is 19.4. The van der Waals surface area contributed by atoms with E-state index in [2.05, 4.69) is 5.32 Å². The van der Waals surface area contributed by atoms with E-state index in [1.54, 1.807) is 5.32 Å². The average molecular weight is 498 g/mol. The Morgan fingerprint density at radius 3 is 1.79 bits per heavy atom. The molecular formula is C20H14F8N2O4. The number of hydrogen-bond acceptors (Lipinski definition) is 3. The van der Waals surface area contributed by atoms with Gasteiger partial charge in [0.25, 0.3) is 5.91 Å². The highest BCUT2D eigenvalue weighted by Gasteiger charge is 2.73. The zero-order valence-electron chi connectivity index (χ0n) is 17.1. The SMILES string of the molecule is Cc1cc(C(F)(C(F)(F)F)C(F)(F)F)cc(C)c1NC(=O)c1cccc(NC(=O)C(=O)O)c1F. The zero-order chi connectivity index (χ0) is 26.2. The molecule has 0 aliphatic carbocycles. The van der Waals surface area contributed by atoms with E-state index in [4.69, 9.17) is 5.11 Å². The summed E-state index contributed by atoms with van der Waals surface area (Å²) in [5, 5.41) is 12.4. The second kappa shape index (κ2) is 8.91. The molecule has 2 rings (SSSR count). The van der Waals surface area contributed by atoms with Crippen LogP contribution in [-0.2, 0) is 15.3 Å². The van der Waals surface area contributed by atoms with Gasteiger partial charge in [0.1, 0.15) is 0 Å². The van der Waals surface area contributed by atoms with E-state index in [1.165, 1.54) is 0 Å². The number of halogens is 8. The zero-order valence-corrected chi connectivity index (χ0v) is 17.1. The highest BCUT2D eigenvalue weighted by molar-refractivity contribution is 6.36. The maximum atomic E-state index is 14.6. The minimum Gasteiger partial charge on any atom is -0.474 e. The van der Waals surface area contributed by atoms with E-state index in [0.717, 1.165) is 32.0 Å². The molecule has 0 aliphatic heterocycles. The maximum Gasteiger partial charge on any atom is 0.435 e. The number of carbonyl (C=O) groups is 3. The van der Waals surface area contributed by atoms with Gasteiger partial charge in [-0.25, -0.2) is 13.6 Å². The monoisotopic (exact) mass is 498 g/mol. The Bertz CT molecular complexity index is 1120. The van der Waals surface area contributed by atoms with Crippen molar-refractivity contribution in [2.75, 3.05) is 10.6 Å². The topological polar surface area (TPSA) is 95.5 Å². The van der Waals surface area contributed by atoms with Crippen molar-refractivity contribution in [2.45, 2.75) is 31.9 Å². The molecule has 0 spiro atoms. The first-order chi connectivity index (χ1) is 15.4. The minimum absolute atomic E-state index is 0.253. The number of benzene rings is 2. The van der Waals surface area contributed by atoms with Gasteiger partial charge in [-0.05, 0) is 37.1 Å². The maximum absolute atomic E-state index is 14.6. The van der Waals surface area contributed by atoms with Gasteiger partial charge in [-0.1, -0.05) is 18.2 Å². The van der Waals surface area contributed by atoms with E-state index in [-0.39, 0.29) is 17.8 Å². The van der Waals surface area contributed by atoms with Crippen molar-refractivity contribution in [2.24, 2.45) is 0 Å². The van der Waals surface area contributed by atoms with E-state index in [0.29, 0.717) is 0 Å². The summed E-state index contributed by atoms with van der Waals surface area (Å²) in [5.74, 6) is -6.15. The van der Waals surface area contributed by atoms with Crippen LogP contribution < -0.4 is 10.6 Å². The molecule has 2 aromatic carbocycles. The molecule has 6 nitrogen and oxygen atoms in total. The number of carboxylic acids is 1. The molecule has 0 aromatic heterocycles. The van der Waals surface area contributed by atoms with Gasteiger partial charge in [-0.15, -0.1) is 0 Å². The van der Waals surface area contributed by atoms with Gasteiger partial charge in [-0.3, -0.25) is 9.59 Å². The Labute approximate surface area is 185 Å². The predicted molar refractivity (Wildman–Crippen MR) is 101 cm³/mol. The standard InChI is InChI=1S/C20H14F8N2O4/c1-8-6-10(18(22,19(23,24)25)20(26,27)28)7-9(2)14(8)30-15(31)11-4-3-5-12(13(11)21)29-16(32)17(33)34/h3-7H,1-2H3,(H,29,32)(H,30,31)(H,33,34). The van der Waals surface area contributed by atoms with Crippen LogP contribution in [0.4, 0.5) is 46.5 Å². The number of carbonyl (C=O) groups excluding carboxylic acids is 2. The number of carboxylic acid groups (broad SMARTS) is 1. The molecular weight excluding hydrogens is 484 g/mol. The largest absolute Gasteiger partial charge is 0.474 e. The van der Waals surface area contributed by atoms with E-state index in [9.17, 15) is 49.5 Å². The van der Waals surface area contributed by atoms with Crippen LogP contribution in [0.1, 0.15) is 27.0 Å². The summed E-state index contributed by atoms with van der Waals surface area (Å²) in [6.07, 6.45) is -12.7. The summed E-state index contributed by atoms with van der Waals surface area (Å²) in [4.78, 5) is 34.3. The third-order valence-electron chi connectivity index (χ3n) is 4.64. The molecule has 0 atom stereocenters. The number of rotatable bonds is 4. The fourth-order valence-electron chi connectivity index (χ4n) is 3.01. The molecule has 0 saturated heterocycles. The number of alkyl halides is 7. The lowest BCUT2D eigenvalue weighted by Gasteiger charge is -2.31. The van der Waals surface area contributed by atoms with Gasteiger partial charge in [0.2, 0.25) is 0 Å². The van der Waals surface area contributed by atoms with Crippen LogP contribution in [0.3, 0.4) is 0 Å². The molecule has 2 aromatic rings. The van der Waals surface area contributed by atoms with Crippen LogP contribution in [0.15, 0.2) is 30.3 Å². The molecule has 0 unspecified atom stereocenters. The minimum atomic E-state index is -6.33. The molecule has 0 heterocycles. The Morgan fingerprint density at radius 1 is 0.853 bits per heavy atom. The fraction of sp³-hybridized carbons (Fsp3) is 0.250. The molecule has 0 aliphatic rings. The number of aliphatic carboxylic acids is 1.